The maximum absolute atomic E-state index is 9.86. The Morgan fingerprint density at radius 1 is 1.04 bits per heavy atom. The minimum absolute atomic E-state index is 0.205. The van der Waals surface area contributed by atoms with E-state index in [0.717, 1.165) is 28.7 Å². The Morgan fingerprint density at radius 3 is 2.29 bits per heavy atom. The molecular formula is C21H24O3. The van der Waals surface area contributed by atoms with Gasteiger partial charge in [-0.25, -0.2) is 0 Å². The van der Waals surface area contributed by atoms with Crippen LogP contribution in [0.15, 0.2) is 49.6 Å². The van der Waals surface area contributed by atoms with Crippen molar-refractivity contribution in [3.05, 3.63) is 60.7 Å². The maximum atomic E-state index is 9.86. The standard InChI is InChI=1S/C21H24O3/c1-5-12-23-15(4)24-19-11-9-17(7-3)21(14-19)20-13-18(22)10-8-16(20)6-2/h6-11,13-15,22H,2-3,5,12H2,1,4H3. The van der Waals surface area contributed by atoms with E-state index in [1.54, 1.807) is 24.3 Å². The minimum atomic E-state index is -0.324. The largest absolute Gasteiger partial charge is 0.508 e. The first-order chi connectivity index (χ1) is 11.6. The van der Waals surface area contributed by atoms with Crippen LogP contribution in [0.25, 0.3) is 23.3 Å². The summed E-state index contributed by atoms with van der Waals surface area (Å²) < 4.78 is 11.4. The molecule has 126 valence electrons. The number of phenols is 1. The van der Waals surface area contributed by atoms with Crippen LogP contribution in [0.2, 0.25) is 0 Å². The molecule has 0 spiro atoms. The number of phenolic OH excluding ortho intramolecular Hbond substituents is 1. The highest BCUT2D eigenvalue weighted by Crippen LogP contribution is 2.34. The quantitative estimate of drug-likeness (QED) is 0.652. The van der Waals surface area contributed by atoms with E-state index in [1.807, 2.05) is 31.2 Å². The number of hydrogen-bond donors (Lipinski definition) is 1. The lowest BCUT2D eigenvalue weighted by molar-refractivity contribution is -0.0662. The van der Waals surface area contributed by atoms with Crippen molar-refractivity contribution in [1.82, 2.24) is 0 Å². The number of aromatic hydroxyl groups is 1. The maximum Gasteiger partial charge on any atom is 0.196 e. The normalized spacial score (nSPS) is 11.8. The summed E-state index contributed by atoms with van der Waals surface area (Å²) >= 11 is 0. The zero-order valence-corrected chi connectivity index (χ0v) is 14.3. The highest BCUT2D eigenvalue weighted by atomic mass is 16.7. The van der Waals surface area contributed by atoms with Gasteiger partial charge in [0.05, 0.1) is 6.61 Å². The van der Waals surface area contributed by atoms with E-state index in [4.69, 9.17) is 9.47 Å². The summed E-state index contributed by atoms with van der Waals surface area (Å²) in [6.45, 7) is 12.3. The fraction of sp³-hybridized carbons (Fsp3) is 0.238. The highest BCUT2D eigenvalue weighted by molar-refractivity contribution is 5.82. The van der Waals surface area contributed by atoms with Crippen LogP contribution in [0.5, 0.6) is 11.5 Å². The number of ether oxygens (including phenoxy) is 2. The third-order valence-corrected chi connectivity index (χ3v) is 3.65. The minimum Gasteiger partial charge on any atom is -0.508 e. The molecule has 0 radical (unpaired) electrons. The zero-order valence-electron chi connectivity index (χ0n) is 14.3. The van der Waals surface area contributed by atoms with E-state index in [2.05, 4.69) is 20.1 Å². The Bertz CT molecular complexity index is 719. The second-order valence-electron chi connectivity index (χ2n) is 5.49. The van der Waals surface area contributed by atoms with E-state index >= 15 is 0 Å². The molecule has 1 unspecified atom stereocenters. The summed E-state index contributed by atoms with van der Waals surface area (Å²) in [6.07, 6.45) is 4.17. The molecule has 0 aliphatic rings. The third kappa shape index (κ3) is 4.27. The molecule has 2 aromatic carbocycles. The van der Waals surface area contributed by atoms with Crippen molar-refractivity contribution in [3.8, 4) is 22.6 Å². The summed E-state index contributed by atoms with van der Waals surface area (Å²) in [5.41, 5.74) is 3.70. The van der Waals surface area contributed by atoms with Gasteiger partial charge < -0.3 is 14.6 Å². The van der Waals surface area contributed by atoms with E-state index in [-0.39, 0.29) is 12.0 Å². The molecule has 3 heteroatoms. The molecule has 0 saturated carbocycles. The van der Waals surface area contributed by atoms with Crippen LogP contribution in [0.1, 0.15) is 31.4 Å². The number of hydrogen-bond acceptors (Lipinski definition) is 3. The van der Waals surface area contributed by atoms with Gasteiger partial charge in [-0.1, -0.05) is 44.4 Å². The highest BCUT2D eigenvalue weighted by Gasteiger charge is 2.11. The zero-order chi connectivity index (χ0) is 17.5. The smallest absolute Gasteiger partial charge is 0.196 e. The lowest BCUT2D eigenvalue weighted by atomic mass is 9.94. The number of benzene rings is 2. The van der Waals surface area contributed by atoms with Gasteiger partial charge in [0, 0.05) is 0 Å². The molecular weight excluding hydrogens is 300 g/mol. The van der Waals surface area contributed by atoms with Crippen LogP contribution < -0.4 is 4.74 Å². The van der Waals surface area contributed by atoms with Crippen LogP contribution in [0.3, 0.4) is 0 Å². The van der Waals surface area contributed by atoms with Gasteiger partial charge in [-0.05, 0) is 59.9 Å². The van der Waals surface area contributed by atoms with Gasteiger partial charge in [0.15, 0.2) is 6.29 Å². The van der Waals surface area contributed by atoms with Crippen molar-refractivity contribution in [2.24, 2.45) is 0 Å². The van der Waals surface area contributed by atoms with Crippen molar-refractivity contribution in [3.63, 3.8) is 0 Å². The molecule has 0 amide bonds. The van der Waals surface area contributed by atoms with Gasteiger partial charge in [0.25, 0.3) is 0 Å². The molecule has 2 aromatic rings. The van der Waals surface area contributed by atoms with Gasteiger partial charge in [-0.2, -0.15) is 0 Å². The molecule has 0 aliphatic carbocycles. The second-order valence-corrected chi connectivity index (χ2v) is 5.49. The first-order valence-electron chi connectivity index (χ1n) is 8.09. The first kappa shape index (κ1) is 17.8. The molecule has 0 heterocycles. The van der Waals surface area contributed by atoms with Crippen LogP contribution in [0.4, 0.5) is 0 Å². The Balaban J connectivity index is 2.42. The van der Waals surface area contributed by atoms with Gasteiger partial charge in [-0.15, -0.1) is 0 Å². The van der Waals surface area contributed by atoms with E-state index in [9.17, 15) is 5.11 Å². The third-order valence-electron chi connectivity index (χ3n) is 3.65. The van der Waals surface area contributed by atoms with Crippen molar-refractivity contribution in [1.29, 1.82) is 0 Å². The Kier molecular flexibility index (Phi) is 6.21. The van der Waals surface area contributed by atoms with Crippen LogP contribution in [-0.2, 0) is 4.74 Å². The Hall–Kier alpha value is -2.52. The van der Waals surface area contributed by atoms with Crippen molar-refractivity contribution >= 4 is 12.2 Å². The molecule has 24 heavy (non-hydrogen) atoms. The molecule has 0 bridgehead atoms. The molecule has 2 rings (SSSR count). The molecule has 0 aliphatic heterocycles. The van der Waals surface area contributed by atoms with Crippen molar-refractivity contribution in [2.75, 3.05) is 6.61 Å². The summed E-state index contributed by atoms with van der Waals surface area (Å²) in [6, 6.07) is 11.0. The predicted octanol–water partition coefficient (Wildman–Crippen LogP) is 5.50. The average molecular weight is 324 g/mol. The van der Waals surface area contributed by atoms with Gasteiger partial charge in [-0.3, -0.25) is 0 Å². The summed E-state index contributed by atoms with van der Waals surface area (Å²) in [7, 11) is 0. The summed E-state index contributed by atoms with van der Waals surface area (Å²) in [4.78, 5) is 0. The number of rotatable bonds is 8. The monoisotopic (exact) mass is 324 g/mol. The summed E-state index contributed by atoms with van der Waals surface area (Å²) in [5, 5.41) is 9.86. The van der Waals surface area contributed by atoms with Crippen LogP contribution in [0, 0.1) is 0 Å². The van der Waals surface area contributed by atoms with Gasteiger partial charge >= 0.3 is 0 Å². The molecule has 0 aromatic heterocycles. The Morgan fingerprint density at radius 2 is 1.67 bits per heavy atom. The average Bonchev–Trinajstić information content (AvgIpc) is 2.59. The fourth-order valence-corrected chi connectivity index (χ4v) is 2.48. The van der Waals surface area contributed by atoms with Crippen molar-refractivity contribution in [2.45, 2.75) is 26.6 Å². The molecule has 1 atom stereocenters. The van der Waals surface area contributed by atoms with Crippen LogP contribution >= 0.6 is 0 Å². The topological polar surface area (TPSA) is 38.7 Å². The van der Waals surface area contributed by atoms with E-state index < -0.39 is 0 Å². The second kappa shape index (κ2) is 8.37. The molecule has 1 N–H and O–H groups in total. The molecule has 0 fully saturated rings. The molecule has 0 saturated heterocycles. The summed E-state index contributed by atoms with van der Waals surface area (Å²) in [5.74, 6) is 0.911. The lowest BCUT2D eigenvalue weighted by Gasteiger charge is -2.17. The lowest BCUT2D eigenvalue weighted by Crippen LogP contribution is -2.16. The first-order valence-corrected chi connectivity index (χ1v) is 8.09. The molecule has 3 nitrogen and oxygen atoms in total. The van der Waals surface area contributed by atoms with Gasteiger partial charge in [0.1, 0.15) is 11.5 Å². The Labute approximate surface area is 143 Å². The van der Waals surface area contributed by atoms with E-state index in [0.29, 0.717) is 12.4 Å². The van der Waals surface area contributed by atoms with Crippen molar-refractivity contribution < 1.29 is 14.6 Å². The van der Waals surface area contributed by atoms with Crippen LogP contribution in [-0.4, -0.2) is 18.0 Å². The fourth-order valence-electron chi connectivity index (χ4n) is 2.48. The SMILES string of the molecule is C=Cc1ccc(O)cc1-c1cc(OC(C)OCCC)ccc1C=C. The van der Waals surface area contributed by atoms with E-state index in [1.165, 1.54) is 0 Å². The van der Waals surface area contributed by atoms with Gasteiger partial charge in [0.2, 0.25) is 0 Å². The predicted molar refractivity (Wildman–Crippen MR) is 100 cm³/mol.